The summed E-state index contributed by atoms with van der Waals surface area (Å²) in [5.74, 6) is -1.16. The Hall–Kier alpha value is -3.37. The van der Waals surface area contributed by atoms with Gasteiger partial charge in [0.1, 0.15) is 17.2 Å². The van der Waals surface area contributed by atoms with Gasteiger partial charge in [-0.05, 0) is 41.8 Å². The molecular formula is C24H21F3N2O4S. The molecule has 0 spiro atoms. The minimum Gasteiger partial charge on any atom is -0.488 e. The number of ether oxygens (including phenoxy) is 1. The largest absolute Gasteiger partial charge is 0.488 e. The SMILES string of the molecule is N[C@@H](CC(=O)O)C(=O)N1CCc2cc(OCc3cc(-c4ccccc4)c(C(F)(F)F)s3)ccc21. The van der Waals surface area contributed by atoms with Gasteiger partial charge in [0.15, 0.2) is 0 Å². The van der Waals surface area contributed by atoms with Crippen LogP contribution in [0.25, 0.3) is 11.1 Å². The van der Waals surface area contributed by atoms with Gasteiger partial charge in [0.2, 0.25) is 5.91 Å². The molecule has 3 N–H and O–H groups in total. The van der Waals surface area contributed by atoms with Crippen molar-refractivity contribution in [2.24, 2.45) is 5.73 Å². The third-order valence-electron chi connectivity index (χ3n) is 5.43. The van der Waals surface area contributed by atoms with Crippen LogP contribution in [0, 0.1) is 0 Å². The number of amides is 1. The molecule has 1 aliphatic heterocycles. The molecule has 3 aromatic rings. The fourth-order valence-corrected chi connectivity index (χ4v) is 4.84. The number of aliphatic carboxylic acids is 1. The number of hydrogen-bond acceptors (Lipinski definition) is 5. The quantitative estimate of drug-likeness (QED) is 0.501. The number of carboxylic acid groups (broad SMARTS) is 1. The van der Waals surface area contributed by atoms with Crippen molar-refractivity contribution in [3.8, 4) is 16.9 Å². The first kappa shape index (κ1) is 23.8. The third-order valence-corrected chi connectivity index (χ3v) is 6.58. The van der Waals surface area contributed by atoms with Crippen molar-refractivity contribution in [1.29, 1.82) is 0 Å². The highest BCUT2D eigenvalue weighted by molar-refractivity contribution is 7.12. The molecule has 178 valence electrons. The molecule has 4 rings (SSSR count). The number of rotatable bonds is 7. The second-order valence-electron chi connectivity index (χ2n) is 7.84. The first-order valence-corrected chi connectivity index (χ1v) is 11.2. The van der Waals surface area contributed by atoms with Gasteiger partial charge in [-0.15, -0.1) is 11.3 Å². The van der Waals surface area contributed by atoms with E-state index in [-0.39, 0.29) is 12.2 Å². The molecular weight excluding hydrogens is 469 g/mol. The Kier molecular flexibility index (Phi) is 6.63. The lowest BCUT2D eigenvalue weighted by Gasteiger charge is -2.20. The molecule has 0 saturated carbocycles. The van der Waals surface area contributed by atoms with E-state index in [0.29, 0.717) is 46.2 Å². The standard InChI is InChI=1S/C24H21F3N2O4S/c25-24(26,27)22-18(14-4-2-1-3-5-14)11-17(34-22)13-33-16-6-7-20-15(10-16)8-9-29(20)23(32)19(28)12-21(30)31/h1-7,10-11,19H,8-9,12-13,28H2,(H,30,31)/t19-/m0/s1. The summed E-state index contributed by atoms with van der Waals surface area (Å²) in [6.07, 6.45) is -4.40. The Labute approximate surface area is 197 Å². The molecule has 1 aromatic heterocycles. The van der Waals surface area contributed by atoms with Crippen molar-refractivity contribution in [2.45, 2.75) is 31.7 Å². The molecule has 0 unspecified atom stereocenters. The second kappa shape index (κ2) is 9.47. The fraction of sp³-hybridized carbons (Fsp3) is 0.250. The molecule has 6 nitrogen and oxygen atoms in total. The Morgan fingerprint density at radius 3 is 2.56 bits per heavy atom. The summed E-state index contributed by atoms with van der Waals surface area (Å²) in [4.78, 5) is 24.5. The van der Waals surface area contributed by atoms with Crippen molar-refractivity contribution < 1.29 is 32.6 Å². The monoisotopic (exact) mass is 490 g/mol. The fourth-order valence-electron chi connectivity index (χ4n) is 3.88. The number of anilines is 1. The van der Waals surface area contributed by atoms with Crippen molar-refractivity contribution >= 4 is 28.9 Å². The molecule has 0 radical (unpaired) electrons. The smallest absolute Gasteiger partial charge is 0.426 e. The highest BCUT2D eigenvalue weighted by Crippen LogP contribution is 2.43. The van der Waals surface area contributed by atoms with Crippen molar-refractivity contribution in [1.82, 2.24) is 0 Å². The predicted octanol–water partition coefficient (Wildman–Crippen LogP) is 4.70. The third kappa shape index (κ3) is 5.07. The van der Waals surface area contributed by atoms with E-state index in [1.807, 2.05) is 0 Å². The highest BCUT2D eigenvalue weighted by Gasteiger charge is 2.36. The van der Waals surface area contributed by atoms with Gasteiger partial charge in [-0.1, -0.05) is 30.3 Å². The van der Waals surface area contributed by atoms with Crippen molar-refractivity contribution in [3.63, 3.8) is 0 Å². The average Bonchev–Trinajstić information content (AvgIpc) is 3.41. The molecule has 2 aromatic carbocycles. The molecule has 0 fully saturated rings. The van der Waals surface area contributed by atoms with Gasteiger partial charge >= 0.3 is 12.1 Å². The summed E-state index contributed by atoms with van der Waals surface area (Å²) in [6.45, 7) is 0.330. The molecule has 1 aliphatic rings. The van der Waals surface area contributed by atoms with Gasteiger partial charge in [-0.2, -0.15) is 13.2 Å². The van der Waals surface area contributed by atoms with Crippen LogP contribution in [0.4, 0.5) is 18.9 Å². The summed E-state index contributed by atoms with van der Waals surface area (Å²) in [5, 5.41) is 8.86. The van der Waals surface area contributed by atoms with Crippen LogP contribution in [-0.2, 0) is 28.8 Å². The molecule has 1 amide bonds. The summed E-state index contributed by atoms with van der Waals surface area (Å²) in [7, 11) is 0. The second-order valence-corrected chi connectivity index (χ2v) is 8.98. The number of alkyl halides is 3. The molecule has 2 heterocycles. The van der Waals surface area contributed by atoms with Crippen LogP contribution >= 0.6 is 11.3 Å². The van der Waals surface area contributed by atoms with E-state index in [2.05, 4.69) is 0 Å². The molecule has 10 heteroatoms. The van der Waals surface area contributed by atoms with Crippen LogP contribution in [0.5, 0.6) is 5.75 Å². The minimum absolute atomic E-state index is 0.0362. The van der Waals surface area contributed by atoms with E-state index in [9.17, 15) is 22.8 Å². The Morgan fingerprint density at radius 2 is 1.88 bits per heavy atom. The van der Waals surface area contributed by atoms with Gasteiger partial charge in [-0.25, -0.2) is 0 Å². The maximum atomic E-state index is 13.6. The lowest BCUT2D eigenvalue weighted by atomic mass is 10.1. The number of halogens is 3. The number of benzene rings is 2. The number of carbonyl (C=O) groups is 2. The van der Waals surface area contributed by atoms with Crippen molar-refractivity contribution in [3.05, 3.63) is 69.9 Å². The summed E-state index contributed by atoms with van der Waals surface area (Å²) in [6, 6.07) is 13.8. The average molecular weight is 491 g/mol. The van der Waals surface area contributed by atoms with Crippen LogP contribution in [0.3, 0.4) is 0 Å². The maximum Gasteiger partial charge on any atom is 0.426 e. The zero-order valence-corrected chi connectivity index (χ0v) is 18.7. The summed E-state index contributed by atoms with van der Waals surface area (Å²) in [5.41, 5.74) is 7.76. The molecule has 0 saturated heterocycles. The molecule has 0 aliphatic carbocycles. The van der Waals surface area contributed by atoms with E-state index >= 15 is 0 Å². The van der Waals surface area contributed by atoms with Crippen molar-refractivity contribution in [2.75, 3.05) is 11.4 Å². The van der Waals surface area contributed by atoms with E-state index in [1.165, 1.54) is 11.0 Å². The predicted molar refractivity (Wildman–Crippen MR) is 122 cm³/mol. The number of hydrogen-bond donors (Lipinski definition) is 2. The van der Waals surface area contributed by atoms with Crippen LogP contribution in [-0.4, -0.2) is 29.6 Å². The minimum atomic E-state index is -4.47. The van der Waals surface area contributed by atoms with Gasteiger partial charge in [0.05, 0.1) is 12.5 Å². The lowest BCUT2D eigenvalue weighted by Crippen LogP contribution is -2.44. The van der Waals surface area contributed by atoms with Crippen LogP contribution in [0.2, 0.25) is 0 Å². The lowest BCUT2D eigenvalue weighted by molar-refractivity contribution is -0.139. The Balaban J connectivity index is 1.49. The molecule has 34 heavy (non-hydrogen) atoms. The Bertz CT molecular complexity index is 1210. The zero-order chi connectivity index (χ0) is 24.5. The summed E-state index contributed by atoms with van der Waals surface area (Å²) < 4.78 is 46.5. The maximum absolute atomic E-state index is 13.6. The number of nitrogens with zero attached hydrogens (tertiary/aromatic N) is 1. The first-order chi connectivity index (χ1) is 16.1. The summed E-state index contributed by atoms with van der Waals surface area (Å²) >= 11 is 0.654. The van der Waals surface area contributed by atoms with Crippen LogP contribution in [0.1, 0.15) is 21.7 Å². The van der Waals surface area contributed by atoms with E-state index in [4.69, 9.17) is 15.6 Å². The topological polar surface area (TPSA) is 92.9 Å². The molecule has 1 atom stereocenters. The van der Waals surface area contributed by atoms with Gasteiger partial charge in [-0.3, -0.25) is 9.59 Å². The number of carbonyl (C=O) groups excluding carboxylic acids is 1. The van der Waals surface area contributed by atoms with E-state index < -0.39 is 35.4 Å². The number of fused-ring (bicyclic) bond motifs is 1. The first-order valence-electron chi connectivity index (χ1n) is 10.4. The van der Waals surface area contributed by atoms with E-state index in [0.717, 1.165) is 5.56 Å². The van der Waals surface area contributed by atoms with E-state index in [1.54, 1.807) is 48.5 Å². The number of thiophene rings is 1. The van der Waals surface area contributed by atoms with Gasteiger partial charge in [0.25, 0.3) is 0 Å². The highest BCUT2D eigenvalue weighted by atomic mass is 32.1. The normalized spacial score (nSPS) is 14.1. The number of carboxylic acids is 1. The number of nitrogens with two attached hydrogens (primary N) is 1. The Morgan fingerprint density at radius 1 is 1.15 bits per heavy atom. The zero-order valence-electron chi connectivity index (χ0n) is 17.8. The van der Waals surface area contributed by atoms with Crippen LogP contribution < -0.4 is 15.4 Å². The van der Waals surface area contributed by atoms with Gasteiger partial charge < -0.3 is 20.5 Å². The van der Waals surface area contributed by atoms with Gasteiger partial charge in [0, 0.05) is 22.7 Å². The van der Waals surface area contributed by atoms with Crippen LogP contribution in [0.15, 0.2) is 54.6 Å². The molecule has 0 bridgehead atoms.